The number of carbonyl (C=O) groups is 1. The van der Waals surface area contributed by atoms with Gasteiger partial charge >= 0.3 is 18.9 Å². The Morgan fingerprint density at radius 1 is 1.50 bits per heavy atom. The first-order valence-electron chi connectivity index (χ1n) is 2.85. The van der Waals surface area contributed by atoms with Crippen LogP contribution in [0.15, 0.2) is 0 Å². The van der Waals surface area contributed by atoms with Gasteiger partial charge in [0.05, 0.1) is 0 Å². The minimum atomic E-state index is 0. The van der Waals surface area contributed by atoms with Crippen LogP contribution in [0.25, 0.3) is 0 Å². The van der Waals surface area contributed by atoms with Crippen LogP contribution in [0.2, 0.25) is 0 Å². The number of aldehydes is 1. The van der Waals surface area contributed by atoms with Crippen molar-refractivity contribution in [3.63, 3.8) is 0 Å². The molecule has 0 heterocycles. The van der Waals surface area contributed by atoms with Crippen LogP contribution in [-0.4, -0.2) is 6.29 Å². The summed E-state index contributed by atoms with van der Waals surface area (Å²) in [5.74, 6) is 0. The van der Waals surface area contributed by atoms with Gasteiger partial charge in [-0.05, 0) is 6.42 Å². The van der Waals surface area contributed by atoms with E-state index in [1.807, 2.05) is 0 Å². The number of hydrogen-bond acceptors (Lipinski definition) is 1. The van der Waals surface area contributed by atoms with Crippen LogP contribution in [0.1, 0.15) is 34.0 Å². The van der Waals surface area contributed by atoms with Gasteiger partial charge < -0.3 is 6.22 Å². The van der Waals surface area contributed by atoms with E-state index >= 15 is 0 Å². The molecule has 0 saturated heterocycles. The molecule has 0 bridgehead atoms. The van der Waals surface area contributed by atoms with E-state index in [-0.39, 0.29) is 20.3 Å². The summed E-state index contributed by atoms with van der Waals surface area (Å²) in [6.07, 6.45) is 5.19. The van der Waals surface area contributed by atoms with Crippen LogP contribution in [0.4, 0.5) is 0 Å². The Morgan fingerprint density at radius 2 is 2.12 bits per heavy atom. The minimum absolute atomic E-state index is 0. The van der Waals surface area contributed by atoms with E-state index in [0.717, 1.165) is 19.1 Å². The van der Waals surface area contributed by atoms with Gasteiger partial charge in [0.15, 0.2) is 0 Å². The van der Waals surface area contributed by atoms with Crippen LogP contribution in [0.3, 0.4) is 0 Å². The van der Waals surface area contributed by atoms with Crippen molar-refractivity contribution in [2.45, 2.75) is 32.6 Å². The van der Waals surface area contributed by atoms with E-state index in [4.69, 9.17) is 0 Å². The average Bonchev–Trinajstić information content (AvgIpc) is 1.69. The van der Waals surface area contributed by atoms with Crippen LogP contribution in [0, 0.1) is 0 Å². The summed E-state index contributed by atoms with van der Waals surface area (Å²) >= 11 is 0. The monoisotopic (exact) mass is 108 g/mol. The van der Waals surface area contributed by atoms with Crippen LogP contribution in [-0.2, 0) is 4.79 Å². The second kappa shape index (κ2) is 10.3. The number of rotatable bonds is 4. The second-order valence-corrected chi connectivity index (χ2v) is 1.66. The van der Waals surface area contributed by atoms with Gasteiger partial charge in [0.2, 0.25) is 0 Å². The standard InChI is InChI=1S/C6H12O.Li.H/c1-2-3-4-5-6-7;;/h6H,2-5H2,1H3;;/q;+1;-1. The molecular formula is C6H13LiO. The SMILES string of the molecule is CCCCCC=O.[H-].[Li+]. The molecule has 8 heavy (non-hydrogen) atoms. The molecule has 0 spiro atoms. The molecule has 0 aromatic rings. The molecule has 0 radical (unpaired) electrons. The first-order chi connectivity index (χ1) is 3.41. The van der Waals surface area contributed by atoms with Gasteiger partial charge in [-0.15, -0.1) is 0 Å². The Balaban J connectivity index is -0.000000180. The molecule has 44 valence electrons. The Bertz CT molecular complexity index is 50.3. The van der Waals surface area contributed by atoms with E-state index in [0.29, 0.717) is 0 Å². The van der Waals surface area contributed by atoms with Crippen molar-refractivity contribution in [3.05, 3.63) is 0 Å². The second-order valence-electron chi connectivity index (χ2n) is 1.66. The first kappa shape index (κ1) is 11.1. The van der Waals surface area contributed by atoms with Gasteiger partial charge in [0.1, 0.15) is 6.29 Å². The molecule has 2 heteroatoms. The third-order valence-electron chi connectivity index (χ3n) is 0.926. The Kier molecular flexibility index (Phi) is 14.3. The summed E-state index contributed by atoms with van der Waals surface area (Å²) in [5.41, 5.74) is 0. The minimum Gasteiger partial charge on any atom is -1.00 e. The summed E-state index contributed by atoms with van der Waals surface area (Å²) in [5, 5.41) is 0. The van der Waals surface area contributed by atoms with Gasteiger partial charge in [-0.2, -0.15) is 0 Å². The fraction of sp³-hybridized carbons (Fsp3) is 0.833. The van der Waals surface area contributed by atoms with Crippen molar-refractivity contribution in [2.24, 2.45) is 0 Å². The van der Waals surface area contributed by atoms with Crippen molar-refractivity contribution in [3.8, 4) is 0 Å². The molecule has 0 aliphatic heterocycles. The molecule has 0 amide bonds. The third-order valence-corrected chi connectivity index (χ3v) is 0.926. The maximum Gasteiger partial charge on any atom is 1.00 e. The molecule has 0 fully saturated rings. The summed E-state index contributed by atoms with van der Waals surface area (Å²) in [6, 6.07) is 0. The van der Waals surface area contributed by atoms with Gasteiger partial charge in [0, 0.05) is 6.42 Å². The van der Waals surface area contributed by atoms with Crippen molar-refractivity contribution in [1.82, 2.24) is 0 Å². The maximum atomic E-state index is 9.68. The molecule has 0 aromatic heterocycles. The largest absolute Gasteiger partial charge is 1.00 e. The predicted molar refractivity (Wildman–Crippen MR) is 31.3 cm³/mol. The number of unbranched alkanes of at least 4 members (excludes halogenated alkanes) is 3. The molecule has 1 nitrogen and oxygen atoms in total. The Hall–Kier alpha value is 0.267. The zero-order valence-electron chi connectivity index (χ0n) is 6.81. The van der Waals surface area contributed by atoms with Crippen molar-refractivity contribution >= 4 is 6.29 Å². The van der Waals surface area contributed by atoms with Gasteiger partial charge in [-0.25, -0.2) is 0 Å². The molecular weight excluding hydrogens is 95.0 g/mol. The summed E-state index contributed by atoms with van der Waals surface area (Å²) in [4.78, 5) is 9.68. The summed E-state index contributed by atoms with van der Waals surface area (Å²) in [6.45, 7) is 2.13. The molecule has 0 aliphatic rings. The Morgan fingerprint density at radius 3 is 2.50 bits per heavy atom. The van der Waals surface area contributed by atoms with Crippen molar-refractivity contribution < 1.29 is 25.1 Å². The van der Waals surface area contributed by atoms with Crippen molar-refractivity contribution in [1.29, 1.82) is 0 Å². The van der Waals surface area contributed by atoms with E-state index in [2.05, 4.69) is 6.92 Å². The number of hydrogen-bond donors (Lipinski definition) is 0. The summed E-state index contributed by atoms with van der Waals surface area (Å²) in [7, 11) is 0. The fourth-order valence-corrected chi connectivity index (χ4v) is 0.478. The van der Waals surface area contributed by atoms with E-state index in [9.17, 15) is 4.79 Å². The molecule has 0 unspecified atom stereocenters. The molecule has 0 rings (SSSR count). The van der Waals surface area contributed by atoms with Gasteiger partial charge in [0.25, 0.3) is 0 Å². The van der Waals surface area contributed by atoms with Crippen LogP contribution < -0.4 is 18.9 Å². The average molecular weight is 108 g/mol. The normalized spacial score (nSPS) is 7.62. The maximum absolute atomic E-state index is 9.68. The molecule has 0 N–H and O–H groups in total. The van der Waals surface area contributed by atoms with E-state index < -0.39 is 0 Å². The fourth-order valence-electron chi connectivity index (χ4n) is 0.478. The quantitative estimate of drug-likeness (QED) is 0.253. The molecule has 0 aliphatic carbocycles. The Labute approximate surface area is 64.5 Å². The number of carbonyl (C=O) groups excluding carboxylic acids is 1. The third kappa shape index (κ3) is 9.55. The molecule has 0 aromatic carbocycles. The van der Waals surface area contributed by atoms with E-state index in [1.165, 1.54) is 12.8 Å². The van der Waals surface area contributed by atoms with Gasteiger partial charge in [-0.1, -0.05) is 19.8 Å². The molecule has 0 saturated carbocycles. The smallest absolute Gasteiger partial charge is 1.00 e. The topological polar surface area (TPSA) is 17.1 Å². The zero-order chi connectivity index (χ0) is 5.54. The first-order valence-corrected chi connectivity index (χ1v) is 2.85. The van der Waals surface area contributed by atoms with E-state index in [1.54, 1.807) is 0 Å². The predicted octanol–water partition coefficient (Wildman–Crippen LogP) is -1.12. The van der Waals surface area contributed by atoms with Crippen molar-refractivity contribution in [2.75, 3.05) is 0 Å². The van der Waals surface area contributed by atoms with Crippen LogP contribution >= 0.6 is 0 Å². The molecule has 0 atom stereocenters. The van der Waals surface area contributed by atoms with Crippen LogP contribution in [0.5, 0.6) is 0 Å². The summed E-state index contributed by atoms with van der Waals surface area (Å²) < 4.78 is 0. The van der Waals surface area contributed by atoms with Gasteiger partial charge in [-0.3, -0.25) is 0 Å². The zero-order valence-corrected chi connectivity index (χ0v) is 5.81.